The zero-order valence-corrected chi connectivity index (χ0v) is 31.4. The van der Waals surface area contributed by atoms with Crippen LogP contribution in [0.25, 0.3) is 0 Å². The Kier molecular flexibility index (Phi) is 8.28. The molecular weight excluding hydrogens is 632 g/mol. The first-order chi connectivity index (χ1) is 23.5. The maximum atomic E-state index is 13.2. The van der Waals surface area contributed by atoms with Crippen LogP contribution in [0.15, 0.2) is 24.5 Å². The number of amides is 1. The van der Waals surface area contributed by atoms with Crippen molar-refractivity contribution in [2.24, 2.45) is 50.7 Å². The summed E-state index contributed by atoms with van der Waals surface area (Å²) in [6, 6.07) is 3.82. The number of aliphatic hydroxyl groups is 3. The van der Waals surface area contributed by atoms with Crippen LogP contribution in [0.2, 0.25) is 0 Å². The molecule has 7 fully saturated rings. The van der Waals surface area contributed by atoms with E-state index in [1.165, 1.54) is 12.8 Å². The summed E-state index contributed by atoms with van der Waals surface area (Å²) >= 11 is 0. The van der Waals surface area contributed by atoms with Crippen molar-refractivity contribution in [3.63, 3.8) is 0 Å². The molecular formula is C41H62N2O7. The van der Waals surface area contributed by atoms with Crippen molar-refractivity contribution in [2.45, 2.75) is 149 Å². The van der Waals surface area contributed by atoms with Crippen LogP contribution in [0, 0.1) is 50.7 Å². The number of hydrogen-bond donors (Lipinski definition) is 3. The van der Waals surface area contributed by atoms with Crippen molar-refractivity contribution >= 4 is 5.91 Å². The number of morpholine rings is 1. The Morgan fingerprint density at radius 3 is 2.58 bits per heavy atom. The molecule has 9 nitrogen and oxygen atoms in total. The predicted octanol–water partition coefficient (Wildman–Crippen LogP) is 5.14. The van der Waals surface area contributed by atoms with Crippen LogP contribution in [-0.4, -0.2) is 93.2 Å². The highest BCUT2D eigenvalue weighted by molar-refractivity contribution is 5.78. The highest BCUT2D eigenvalue weighted by atomic mass is 16.7. The van der Waals surface area contributed by atoms with Crippen molar-refractivity contribution in [3.8, 4) is 0 Å². The maximum Gasteiger partial charge on any atom is 0.227 e. The Morgan fingerprint density at radius 1 is 1.12 bits per heavy atom. The third-order valence-electron chi connectivity index (χ3n) is 16.6. The minimum Gasteiger partial charge on any atom is -0.390 e. The van der Waals surface area contributed by atoms with Crippen LogP contribution in [0.1, 0.15) is 105 Å². The van der Waals surface area contributed by atoms with Crippen molar-refractivity contribution < 1.29 is 34.3 Å². The fourth-order valence-electron chi connectivity index (χ4n) is 14.1. The molecule has 1 aromatic heterocycles. The van der Waals surface area contributed by atoms with Crippen molar-refractivity contribution in [1.29, 1.82) is 0 Å². The monoisotopic (exact) mass is 694 g/mol. The van der Waals surface area contributed by atoms with Gasteiger partial charge in [0.15, 0.2) is 6.29 Å². The zero-order valence-electron chi connectivity index (χ0n) is 31.4. The average Bonchev–Trinajstić information content (AvgIpc) is 3.70. The maximum absolute atomic E-state index is 13.2. The SMILES string of the molecule is C[C@@H]1C[C@H](C(O)C(C)(C)O)O[C@H]2C1[C@@]1(C)CC[C@@]34CC35CCC(OC3CN(C(=O)Cc6cccnc6)CCO3)C(C)(C)[C@@H]5CC[C@H]4[C@]1(C)[C@H]2O. The van der Waals surface area contributed by atoms with E-state index in [0.29, 0.717) is 44.4 Å². The Bertz CT molecular complexity index is 1470. The van der Waals surface area contributed by atoms with Gasteiger partial charge in [-0.3, -0.25) is 9.78 Å². The van der Waals surface area contributed by atoms with E-state index in [0.717, 1.165) is 37.7 Å². The number of aliphatic hydroxyl groups excluding tert-OH is 2. The molecule has 0 aromatic carbocycles. The fraction of sp³-hybridized carbons (Fsp3) is 0.854. The summed E-state index contributed by atoms with van der Waals surface area (Å²) in [7, 11) is 0. The molecule has 5 saturated carbocycles. The summed E-state index contributed by atoms with van der Waals surface area (Å²) in [5.41, 5.74) is -0.222. The molecule has 3 heterocycles. The normalized spacial score (nSPS) is 48.4. The van der Waals surface area contributed by atoms with Crippen LogP contribution >= 0.6 is 0 Å². The molecule has 0 bridgehead atoms. The molecule has 8 rings (SSSR count). The number of rotatable bonds is 6. The first-order valence-corrected chi connectivity index (χ1v) is 19.7. The van der Waals surface area contributed by atoms with Crippen molar-refractivity contribution in [3.05, 3.63) is 30.1 Å². The zero-order chi connectivity index (χ0) is 35.6. The van der Waals surface area contributed by atoms with E-state index in [2.05, 4.69) is 39.6 Å². The number of hydrogen-bond acceptors (Lipinski definition) is 8. The van der Waals surface area contributed by atoms with Gasteiger partial charge >= 0.3 is 0 Å². The molecule has 0 radical (unpaired) electrons. The van der Waals surface area contributed by atoms with Crippen LogP contribution in [-0.2, 0) is 25.4 Å². The smallest absolute Gasteiger partial charge is 0.227 e. The molecule has 7 aliphatic rings. The fourth-order valence-corrected chi connectivity index (χ4v) is 14.1. The predicted molar refractivity (Wildman–Crippen MR) is 188 cm³/mol. The summed E-state index contributed by atoms with van der Waals surface area (Å²) in [4.78, 5) is 19.2. The van der Waals surface area contributed by atoms with E-state index in [1.54, 1.807) is 26.2 Å². The third kappa shape index (κ3) is 4.85. The first kappa shape index (κ1) is 35.4. The van der Waals surface area contributed by atoms with Crippen LogP contribution in [0.4, 0.5) is 0 Å². The minimum atomic E-state index is -1.26. The van der Waals surface area contributed by atoms with Gasteiger partial charge in [0.05, 0.1) is 49.6 Å². The molecule has 5 aliphatic carbocycles. The molecule has 2 saturated heterocycles. The Labute approximate surface area is 298 Å². The van der Waals surface area contributed by atoms with Gasteiger partial charge in [0.1, 0.15) is 6.10 Å². The molecule has 14 atom stereocenters. The lowest BCUT2D eigenvalue weighted by Gasteiger charge is -2.64. The second-order valence-corrected chi connectivity index (χ2v) is 19.5. The van der Waals surface area contributed by atoms with Gasteiger partial charge in [-0.15, -0.1) is 0 Å². The molecule has 278 valence electrons. The van der Waals surface area contributed by atoms with E-state index in [9.17, 15) is 20.1 Å². The van der Waals surface area contributed by atoms with E-state index in [-0.39, 0.29) is 57.0 Å². The number of aromatic nitrogens is 1. The second-order valence-electron chi connectivity index (χ2n) is 19.5. The average molecular weight is 695 g/mol. The summed E-state index contributed by atoms with van der Waals surface area (Å²) in [6.45, 7) is 16.8. The highest BCUT2D eigenvalue weighted by Crippen LogP contribution is 2.89. The molecule has 9 heteroatoms. The number of fused-ring (bicyclic) bond motifs is 4. The molecule has 2 spiro atoms. The topological polar surface area (TPSA) is 122 Å². The lowest BCUT2D eigenvalue weighted by Crippen LogP contribution is -2.60. The quantitative estimate of drug-likeness (QED) is 0.375. The highest BCUT2D eigenvalue weighted by Gasteiger charge is 2.84. The van der Waals surface area contributed by atoms with Crippen LogP contribution < -0.4 is 0 Å². The Balaban J connectivity index is 0.985. The van der Waals surface area contributed by atoms with Gasteiger partial charge in [-0.25, -0.2) is 0 Å². The molecule has 1 aromatic rings. The van der Waals surface area contributed by atoms with Gasteiger partial charge in [-0.2, -0.15) is 0 Å². The largest absolute Gasteiger partial charge is 0.390 e. The number of pyridine rings is 1. The van der Waals surface area contributed by atoms with Gasteiger partial charge < -0.3 is 34.4 Å². The molecule has 5 unspecified atom stereocenters. The van der Waals surface area contributed by atoms with E-state index in [4.69, 9.17) is 14.2 Å². The summed E-state index contributed by atoms with van der Waals surface area (Å²) in [5.74, 6) is 1.56. The van der Waals surface area contributed by atoms with Crippen molar-refractivity contribution in [1.82, 2.24) is 9.88 Å². The van der Waals surface area contributed by atoms with E-state index >= 15 is 0 Å². The van der Waals surface area contributed by atoms with E-state index < -0.39 is 30.2 Å². The third-order valence-corrected chi connectivity index (χ3v) is 16.6. The number of carbonyl (C=O) groups excluding carboxylic acids is 1. The standard InChI is InChI=1S/C41H62N2O7/c1-24-19-26(34(45)37(4,5)47)49-33-32(24)38(6)14-15-41-23-40(41)13-12-29(36(2,3)27(40)10-11-28(41)39(38,7)35(33)46)50-31-22-43(17-18-48-31)30(44)20-25-9-8-16-42-21-25/h8-9,16,21,24,26-29,31-35,45-47H,10-15,17-20,22-23H2,1-7H3/t24-,26-,27+,28+,29?,31?,32?,33+,34?,35+,38-,39-,40?,41+/m1/s1. The lowest BCUT2D eigenvalue weighted by molar-refractivity contribution is -0.248. The van der Waals surface area contributed by atoms with Gasteiger partial charge in [0.25, 0.3) is 0 Å². The Morgan fingerprint density at radius 2 is 1.86 bits per heavy atom. The van der Waals surface area contributed by atoms with Crippen LogP contribution in [0.5, 0.6) is 0 Å². The Hall–Kier alpha value is -1.62. The molecule has 3 N–H and O–H groups in total. The van der Waals surface area contributed by atoms with Gasteiger partial charge in [0, 0.05) is 24.4 Å². The summed E-state index contributed by atoms with van der Waals surface area (Å²) in [6.07, 6.45) is 9.65. The summed E-state index contributed by atoms with van der Waals surface area (Å²) < 4.78 is 19.7. The van der Waals surface area contributed by atoms with Gasteiger partial charge in [-0.05, 0) is 122 Å². The van der Waals surface area contributed by atoms with Gasteiger partial charge in [-0.1, -0.05) is 40.7 Å². The second kappa shape index (κ2) is 11.7. The number of carbonyl (C=O) groups is 1. The number of nitrogens with zero attached hydrogens (tertiary/aromatic N) is 2. The molecule has 50 heavy (non-hydrogen) atoms. The lowest BCUT2D eigenvalue weighted by atomic mass is 9.41. The summed E-state index contributed by atoms with van der Waals surface area (Å²) in [5, 5.41) is 34.2. The van der Waals surface area contributed by atoms with Crippen LogP contribution in [0.3, 0.4) is 0 Å². The van der Waals surface area contributed by atoms with Gasteiger partial charge in [0.2, 0.25) is 5.91 Å². The molecule has 2 aliphatic heterocycles. The molecule has 1 amide bonds. The van der Waals surface area contributed by atoms with E-state index in [1.807, 2.05) is 17.0 Å². The minimum absolute atomic E-state index is 0.0416. The van der Waals surface area contributed by atoms with Crippen molar-refractivity contribution in [2.75, 3.05) is 19.7 Å². The number of ether oxygens (including phenoxy) is 3. The first-order valence-electron chi connectivity index (χ1n) is 19.7.